The van der Waals surface area contributed by atoms with Crippen LogP contribution >= 0.6 is 11.6 Å². The molecule has 0 bridgehead atoms. The quantitative estimate of drug-likeness (QED) is 0.457. The molecule has 1 aliphatic heterocycles. The molecule has 0 N–H and O–H groups in total. The summed E-state index contributed by atoms with van der Waals surface area (Å²) in [7, 11) is 3.48. The van der Waals surface area contributed by atoms with Crippen LogP contribution in [0, 0.1) is 0 Å². The molecule has 9 nitrogen and oxygen atoms in total. The fourth-order valence-corrected chi connectivity index (χ4v) is 4.43. The molecule has 1 saturated heterocycles. The second-order valence-corrected chi connectivity index (χ2v) is 8.60. The van der Waals surface area contributed by atoms with Gasteiger partial charge in [0.2, 0.25) is 5.95 Å². The van der Waals surface area contributed by atoms with Gasteiger partial charge in [0.25, 0.3) is 5.56 Å². The van der Waals surface area contributed by atoms with Crippen LogP contribution in [0.3, 0.4) is 0 Å². The van der Waals surface area contributed by atoms with Crippen molar-refractivity contribution in [3.05, 3.63) is 80.1 Å². The van der Waals surface area contributed by atoms with E-state index in [4.69, 9.17) is 16.6 Å². The van der Waals surface area contributed by atoms with E-state index in [1.165, 1.54) is 9.13 Å². The number of fused-ring (bicyclic) bond motifs is 1. The van der Waals surface area contributed by atoms with Crippen molar-refractivity contribution in [1.82, 2.24) is 23.7 Å². The van der Waals surface area contributed by atoms with Gasteiger partial charge in [0.15, 0.2) is 11.2 Å². The Morgan fingerprint density at radius 2 is 1.61 bits per heavy atom. The summed E-state index contributed by atoms with van der Waals surface area (Å²) < 4.78 is 4.49. The van der Waals surface area contributed by atoms with Crippen LogP contribution < -0.4 is 21.0 Å². The Kier molecular flexibility index (Phi) is 5.41. The molecule has 1 fully saturated rings. The second-order valence-electron chi connectivity index (χ2n) is 8.16. The zero-order valence-electron chi connectivity index (χ0n) is 18.5. The molecule has 33 heavy (non-hydrogen) atoms. The van der Waals surface area contributed by atoms with Crippen molar-refractivity contribution in [2.45, 2.75) is 6.54 Å². The molecule has 1 aromatic carbocycles. The number of rotatable bonds is 4. The standard InChI is InChI=1S/C23H24ClN7O2/c1-27-19-20(26-22(27)30-13-11-29(12-14-30)18-5-3-4-10-25-18)28(2)23(33)31(21(19)32)15-16-6-8-17(24)9-7-16/h3-10H,11-15H2,1-2H3. The molecular formula is C23H24ClN7O2. The minimum Gasteiger partial charge on any atom is -0.353 e. The van der Waals surface area contributed by atoms with E-state index in [1.807, 2.05) is 37.4 Å². The summed E-state index contributed by atoms with van der Waals surface area (Å²) in [5.41, 5.74) is 0.879. The van der Waals surface area contributed by atoms with E-state index in [9.17, 15) is 9.59 Å². The number of imidazole rings is 1. The molecule has 1 aliphatic rings. The fraction of sp³-hybridized carbons (Fsp3) is 0.304. The summed E-state index contributed by atoms with van der Waals surface area (Å²) in [5.74, 6) is 1.64. The Morgan fingerprint density at radius 1 is 0.909 bits per heavy atom. The zero-order chi connectivity index (χ0) is 23.1. The van der Waals surface area contributed by atoms with Crippen LogP contribution in [0.4, 0.5) is 11.8 Å². The number of aryl methyl sites for hydroxylation is 2. The van der Waals surface area contributed by atoms with Crippen molar-refractivity contribution in [1.29, 1.82) is 0 Å². The normalized spacial score (nSPS) is 14.3. The number of hydrogen-bond donors (Lipinski definition) is 0. The number of aromatic nitrogens is 5. The van der Waals surface area contributed by atoms with Gasteiger partial charge in [-0.1, -0.05) is 29.8 Å². The number of halogens is 1. The van der Waals surface area contributed by atoms with E-state index < -0.39 is 5.69 Å². The average Bonchev–Trinajstić information content (AvgIpc) is 3.19. The topological polar surface area (TPSA) is 81.2 Å². The Bertz CT molecular complexity index is 1420. The maximum absolute atomic E-state index is 13.4. The Balaban J connectivity index is 1.48. The van der Waals surface area contributed by atoms with Gasteiger partial charge >= 0.3 is 5.69 Å². The summed E-state index contributed by atoms with van der Waals surface area (Å²) in [4.78, 5) is 39.9. The lowest BCUT2D eigenvalue weighted by Crippen LogP contribution is -2.47. The highest BCUT2D eigenvalue weighted by Crippen LogP contribution is 2.21. The van der Waals surface area contributed by atoms with Crippen LogP contribution in [0.5, 0.6) is 0 Å². The molecular weight excluding hydrogens is 442 g/mol. The first-order valence-electron chi connectivity index (χ1n) is 10.8. The summed E-state index contributed by atoms with van der Waals surface area (Å²) in [6.07, 6.45) is 1.79. The molecule has 0 radical (unpaired) electrons. The van der Waals surface area contributed by atoms with Crippen molar-refractivity contribution >= 4 is 34.5 Å². The molecule has 0 atom stereocenters. The maximum atomic E-state index is 13.4. The highest BCUT2D eigenvalue weighted by Gasteiger charge is 2.25. The molecule has 0 unspecified atom stereocenters. The van der Waals surface area contributed by atoms with Crippen molar-refractivity contribution in [3.8, 4) is 0 Å². The smallest absolute Gasteiger partial charge is 0.332 e. The third-order valence-electron chi connectivity index (χ3n) is 6.13. The van der Waals surface area contributed by atoms with Crippen molar-refractivity contribution < 1.29 is 0 Å². The lowest BCUT2D eigenvalue weighted by molar-refractivity contribution is 0.627. The van der Waals surface area contributed by atoms with E-state index in [0.29, 0.717) is 22.1 Å². The van der Waals surface area contributed by atoms with Crippen molar-refractivity contribution in [2.24, 2.45) is 14.1 Å². The highest BCUT2D eigenvalue weighted by atomic mass is 35.5. The Labute approximate surface area is 195 Å². The molecule has 170 valence electrons. The second kappa shape index (κ2) is 8.40. The van der Waals surface area contributed by atoms with E-state index in [-0.39, 0.29) is 12.1 Å². The van der Waals surface area contributed by atoms with Gasteiger partial charge in [0, 0.05) is 51.5 Å². The first-order chi connectivity index (χ1) is 15.9. The van der Waals surface area contributed by atoms with E-state index in [0.717, 1.165) is 37.6 Å². The number of pyridine rings is 1. The SMILES string of the molecule is Cn1c(N2CCN(c3ccccn3)CC2)nc2c1c(=O)n(Cc1ccc(Cl)cc1)c(=O)n2C. The van der Waals surface area contributed by atoms with Gasteiger partial charge in [-0.05, 0) is 29.8 Å². The highest BCUT2D eigenvalue weighted by molar-refractivity contribution is 6.30. The molecule has 0 aliphatic carbocycles. The van der Waals surface area contributed by atoms with Crippen LogP contribution in [0.1, 0.15) is 5.56 Å². The molecule has 0 amide bonds. The third-order valence-corrected chi connectivity index (χ3v) is 6.38. The van der Waals surface area contributed by atoms with Crippen LogP contribution in [0.15, 0.2) is 58.3 Å². The van der Waals surface area contributed by atoms with Gasteiger partial charge in [-0.25, -0.2) is 9.78 Å². The Morgan fingerprint density at radius 3 is 2.27 bits per heavy atom. The maximum Gasteiger partial charge on any atom is 0.332 e. The number of piperazine rings is 1. The predicted octanol–water partition coefficient (Wildman–Crippen LogP) is 1.86. The first-order valence-corrected chi connectivity index (χ1v) is 11.1. The van der Waals surface area contributed by atoms with Crippen LogP contribution in [-0.4, -0.2) is 49.8 Å². The lowest BCUT2D eigenvalue weighted by Gasteiger charge is -2.35. The number of benzene rings is 1. The van der Waals surface area contributed by atoms with E-state index in [2.05, 4.69) is 14.8 Å². The predicted molar refractivity (Wildman–Crippen MR) is 129 cm³/mol. The van der Waals surface area contributed by atoms with Gasteiger partial charge in [-0.3, -0.25) is 13.9 Å². The van der Waals surface area contributed by atoms with Gasteiger partial charge < -0.3 is 14.4 Å². The lowest BCUT2D eigenvalue weighted by atomic mass is 10.2. The first kappa shape index (κ1) is 21.3. The minimum absolute atomic E-state index is 0.169. The molecule has 4 aromatic rings. The summed E-state index contributed by atoms with van der Waals surface area (Å²) in [6, 6.07) is 13.0. The van der Waals surface area contributed by atoms with Crippen LogP contribution in [-0.2, 0) is 20.6 Å². The fourth-order valence-electron chi connectivity index (χ4n) is 4.30. The summed E-state index contributed by atoms with van der Waals surface area (Å²) in [6.45, 7) is 3.23. The van der Waals surface area contributed by atoms with Crippen molar-refractivity contribution in [2.75, 3.05) is 36.0 Å². The largest absolute Gasteiger partial charge is 0.353 e. The molecule has 0 saturated carbocycles. The molecule has 10 heteroatoms. The minimum atomic E-state index is -0.396. The number of anilines is 2. The van der Waals surface area contributed by atoms with Gasteiger partial charge in [-0.15, -0.1) is 0 Å². The Hall–Kier alpha value is -3.59. The molecule has 5 rings (SSSR count). The average molecular weight is 466 g/mol. The van der Waals surface area contributed by atoms with Gasteiger partial charge in [-0.2, -0.15) is 4.98 Å². The van der Waals surface area contributed by atoms with Gasteiger partial charge in [0.05, 0.1) is 6.54 Å². The molecule has 0 spiro atoms. The summed E-state index contributed by atoms with van der Waals surface area (Å²) >= 11 is 5.96. The van der Waals surface area contributed by atoms with Crippen molar-refractivity contribution in [3.63, 3.8) is 0 Å². The van der Waals surface area contributed by atoms with Crippen LogP contribution in [0.2, 0.25) is 5.02 Å². The zero-order valence-corrected chi connectivity index (χ0v) is 19.2. The summed E-state index contributed by atoms with van der Waals surface area (Å²) in [5, 5.41) is 0.605. The van der Waals surface area contributed by atoms with E-state index >= 15 is 0 Å². The van der Waals surface area contributed by atoms with E-state index in [1.54, 1.807) is 29.9 Å². The van der Waals surface area contributed by atoms with Crippen LogP contribution in [0.25, 0.3) is 11.2 Å². The molecule has 3 aromatic heterocycles. The molecule has 4 heterocycles. The van der Waals surface area contributed by atoms with Gasteiger partial charge in [0.1, 0.15) is 5.82 Å². The number of nitrogens with zero attached hydrogens (tertiary/aromatic N) is 7. The monoisotopic (exact) mass is 465 g/mol. The third kappa shape index (κ3) is 3.78. The number of hydrogen-bond acceptors (Lipinski definition) is 6.